The van der Waals surface area contributed by atoms with E-state index in [1.807, 2.05) is 4.90 Å². The zero-order valence-electron chi connectivity index (χ0n) is 10.1. The van der Waals surface area contributed by atoms with Crippen molar-refractivity contribution in [3.63, 3.8) is 0 Å². The highest BCUT2D eigenvalue weighted by atomic mass is 16.5. The van der Waals surface area contributed by atoms with Gasteiger partial charge in [-0.05, 0) is 6.07 Å². The second-order valence-corrected chi connectivity index (χ2v) is 3.98. The van der Waals surface area contributed by atoms with Crippen LogP contribution in [0.15, 0.2) is 12.3 Å². The number of rotatable bonds is 4. The lowest BCUT2D eigenvalue weighted by atomic mass is 10.3. The number of nitrogens with two attached hydrogens (primary N) is 1. The van der Waals surface area contributed by atoms with Crippen LogP contribution in [0.4, 0.5) is 11.8 Å². The minimum atomic E-state index is 0.120. The lowest BCUT2D eigenvalue weighted by Gasteiger charge is -2.26. The number of nitrogens with one attached hydrogen (secondary N) is 1. The van der Waals surface area contributed by atoms with Gasteiger partial charge < -0.3 is 20.7 Å². The summed E-state index contributed by atoms with van der Waals surface area (Å²) in [5.41, 5.74) is 5.53. The topological polar surface area (TPSA) is 93.4 Å². The lowest BCUT2D eigenvalue weighted by Crippen LogP contribution is -2.41. The summed E-state index contributed by atoms with van der Waals surface area (Å²) in [6.07, 6.45) is 1.99. The number of nitrogen functional groups attached to an aromatic ring is 1. The van der Waals surface area contributed by atoms with Crippen molar-refractivity contribution in [1.82, 2.24) is 14.9 Å². The van der Waals surface area contributed by atoms with E-state index in [0.29, 0.717) is 51.0 Å². The molecule has 1 fully saturated rings. The third-order valence-corrected chi connectivity index (χ3v) is 2.66. The van der Waals surface area contributed by atoms with Crippen LogP contribution in [0.1, 0.15) is 6.42 Å². The van der Waals surface area contributed by atoms with Gasteiger partial charge in [-0.3, -0.25) is 4.79 Å². The van der Waals surface area contributed by atoms with Crippen molar-refractivity contribution in [2.24, 2.45) is 0 Å². The Morgan fingerprint density at radius 3 is 3.00 bits per heavy atom. The van der Waals surface area contributed by atoms with Gasteiger partial charge in [0.15, 0.2) is 0 Å². The number of carbonyl (C=O) groups excluding carboxylic acids is 1. The Bertz CT molecular complexity index is 406. The fraction of sp³-hybridized carbons (Fsp3) is 0.545. The molecule has 7 nitrogen and oxygen atoms in total. The van der Waals surface area contributed by atoms with Gasteiger partial charge in [0, 0.05) is 32.3 Å². The molecule has 2 heterocycles. The van der Waals surface area contributed by atoms with E-state index >= 15 is 0 Å². The molecule has 3 N–H and O–H groups in total. The summed E-state index contributed by atoms with van der Waals surface area (Å²) >= 11 is 0. The number of morpholine rings is 1. The highest BCUT2D eigenvalue weighted by Crippen LogP contribution is 2.03. The third kappa shape index (κ3) is 3.56. The third-order valence-electron chi connectivity index (χ3n) is 2.66. The Morgan fingerprint density at radius 2 is 2.28 bits per heavy atom. The number of anilines is 2. The van der Waals surface area contributed by atoms with Gasteiger partial charge in [0.1, 0.15) is 5.82 Å². The quantitative estimate of drug-likeness (QED) is 0.764. The molecule has 0 unspecified atom stereocenters. The smallest absolute Gasteiger partial charge is 0.224 e. The van der Waals surface area contributed by atoms with Crippen molar-refractivity contribution >= 4 is 17.7 Å². The minimum Gasteiger partial charge on any atom is -0.384 e. The van der Waals surface area contributed by atoms with Crippen LogP contribution in [0.25, 0.3) is 0 Å². The molecule has 1 saturated heterocycles. The highest BCUT2D eigenvalue weighted by molar-refractivity contribution is 5.76. The average molecular weight is 251 g/mol. The van der Waals surface area contributed by atoms with Crippen molar-refractivity contribution < 1.29 is 9.53 Å². The largest absolute Gasteiger partial charge is 0.384 e. The number of hydrogen-bond donors (Lipinski definition) is 2. The molecule has 0 atom stereocenters. The van der Waals surface area contributed by atoms with Crippen molar-refractivity contribution in [1.29, 1.82) is 0 Å². The van der Waals surface area contributed by atoms with E-state index < -0.39 is 0 Å². The zero-order chi connectivity index (χ0) is 12.8. The molecule has 2 rings (SSSR count). The number of carbonyl (C=O) groups is 1. The molecule has 0 spiro atoms. The van der Waals surface area contributed by atoms with E-state index in [2.05, 4.69) is 15.3 Å². The maximum absolute atomic E-state index is 11.8. The summed E-state index contributed by atoms with van der Waals surface area (Å²) in [6, 6.07) is 1.62. The molecule has 0 aliphatic carbocycles. The Morgan fingerprint density at radius 1 is 1.50 bits per heavy atom. The maximum atomic E-state index is 11.8. The maximum Gasteiger partial charge on any atom is 0.224 e. The Labute approximate surface area is 105 Å². The number of ether oxygens (including phenoxy) is 1. The second-order valence-electron chi connectivity index (χ2n) is 3.98. The number of amides is 1. The van der Waals surface area contributed by atoms with E-state index in [1.165, 1.54) is 0 Å². The summed E-state index contributed by atoms with van der Waals surface area (Å²) in [6.45, 7) is 3.09. The molecular formula is C11H17N5O2. The fourth-order valence-corrected chi connectivity index (χ4v) is 1.71. The molecule has 18 heavy (non-hydrogen) atoms. The van der Waals surface area contributed by atoms with Gasteiger partial charge in [-0.25, -0.2) is 4.98 Å². The van der Waals surface area contributed by atoms with Crippen molar-refractivity contribution in [3.05, 3.63) is 12.3 Å². The van der Waals surface area contributed by atoms with Crippen LogP contribution in [0.3, 0.4) is 0 Å². The van der Waals surface area contributed by atoms with Gasteiger partial charge in [-0.1, -0.05) is 0 Å². The number of aromatic nitrogens is 2. The van der Waals surface area contributed by atoms with Gasteiger partial charge in [-0.2, -0.15) is 4.98 Å². The van der Waals surface area contributed by atoms with Crippen LogP contribution in [0.2, 0.25) is 0 Å². The number of nitrogens with zero attached hydrogens (tertiary/aromatic N) is 3. The first kappa shape index (κ1) is 12.6. The molecule has 0 saturated carbocycles. The molecule has 0 aromatic carbocycles. The van der Waals surface area contributed by atoms with Crippen molar-refractivity contribution in [3.8, 4) is 0 Å². The second kappa shape index (κ2) is 6.15. The predicted octanol–water partition coefficient (Wildman–Crippen LogP) is -0.280. The molecule has 1 amide bonds. The summed E-state index contributed by atoms with van der Waals surface area (Å²) in [7, 11) is 0. The highest BCUT2D eigenvalue weighted by Gasteiger charge is 2.15. The standard InChI is InChI=1S/C11H17N5O2/c12-9-1-3-13-11(15-9)14-4-2-10(17)16-5-7-18-8-6-16/h1,3H,2,4-8H2,(H3,12,13,14,15). The van der Waals surface area contributed by atoms with Gasteiger partial charge in [0.25, 0.3) is 0 Å². The van der Waals surface area contributed by atoms with Gasteiger partial charge in [-0.15, -0.1) is 0 Å². The van der Waals surface area contributed by atoms with E-state index in [4.69, 9.17) is 10.5 Å². The zero-order valence-corrected chi connectivity index (χ0v) is 10.1. The first-order valence-corrected chi connectivity index (χ1v) is 5.93. The fourth-order valence-electron chi connectivity index (χ4n) is 1.71. The van der Waals surface area contributed by atoms with E-state index in [-0.39, 0.29) is 5.91 Å². The van der Waals surface area contributed by atoms with E-state index in [1.54, 1.807) is 12.3 Å². The molecule has 98 valence electrons. The summed E-state index contributed by atoms with van der Waals surface area (Å²) in [5.74, 6) is 0.978. The average Bonchev–Trinajstić information content (AvgIpc) is 2.40. The monoisotopic (exact) mass is 251 g/mol. The van der Waals surface area contributed by atoms with E-state index in [9.17, 15) is 4.79 Å². The van der Waals surface area contributed by atoms with E-state index in [0.717, 1.165) is 0 Å². The Kier molecular flexibility index (Phi) is 4.30. The minimum absolute atomic E-state index is 0.120. The molecule has 1 aliphatic heterocycles. The molecular weight excluding hydrogens is 234 g/mol. The SMILES string of the molecule is Nc1ccnc(NCCC(=O)N2CCOCC2)n1. The summed E-state index contributed by atoms with van der Waals surface area (Å²) in [4.78, 5) is 21.6. The van der Waals surface area contributed by atoms with Crippen molar-refractivity contribution in [2.45, 2.75) is 6.42 Å². The Hall–Kier alpha value is -1.89. The molecule has 1 aromatic rings. The van der Waals surface area contributed by atoms with Crippen LogP contribution in [0.5, 0.6) is 0 Å². The lowest BCUT2D eigenvalue weighted by molar-refractivity contribution is -0.134. The molecule has 0 bridgehead atoms. The van der Waals surface area contributed by atoms with Crippen LogP contribution >= 0.6 is 0 Å². The molecule has 0 radical (unpaired) electrons. The van der Waals surface area contributed by atoms with Gasteiger partial charge in [0.05, 0.1) is 13.2 Å². The van der Waals surface area contributed by atoms with Gasteiger partial charge in [0.2, 0.25) is 11.9 Å². The van der Waals surface area contributed by atoms with Crippen LogP contribution in [0, 0.1) is 0 Å². The molecule has 7 heteroatoms. The van der Waals surface area contributed by atoms with Crippen LogP contribution < -0.4 is 11.1 Å². The predicted molar refractivity (Wildman–Crippen MR) is 67.0 cm³/mol. The van der Waals surface area contributed by atoms with Crippen LogP contribution in [-0.4, -0.2) is 53.6 Å². The van der Waals surface area contributed by atoms with Crippen LogP contribution in [-0.2, 0) is 9.53 Å². The summed E-state index contributed by atoms with van der Waals surface area (Å²) < 4.78 is 5.19. The first-order chi connectivity index (χ1) is 8.75. The van der Waals surface area contributed by atoms with Crippen molar-refractivity contribution in [2.75, 3.05) is 43.9 Å². The molecule has 1 aliphatic rings. The Balaban J connectivity index is 1.73. The van der Waals surface area contributed by atoms with Gasteiger partial charge >= 0.3 is 0 Å². The first-order valence-electron chi connectivity index (χ1n) is 5.93. The normalized spacial score (nSPS) is 15.4. The number of hydrogen-bond acceptors (Lipinski definition) is 6. The molecule has 1 aromatic heterocycles. The summed E-state index contributed by atoms with van der Waals surface area (Å²) in [5, 5.41) is 2.97.